The minimum atomic E-state index is 0. The zero-order chi connectivity index (χ0) is 16.9. The molecule has 2 fully saturated rings. The predicted octanol–water partition coefficient (Wildman–Crippen LogP) is 1.26. The van der Waals surface area contributed by atoms with E-state index >= 15 is 0 Å². The van der Waals surface area contributed by atoms with Gasteiger partial charge in [-0.3, -0.25) is 0 Å². The molecule has 0 unspecified atom stereocenters. The summed E-state index contributed by atoms with van der Waals surface area (Å²) in [7, 11) is 0. The fourth-order valence-corrected chi connectivity index (χ4v) is 4.79. The van der Waals surface area contributed by atoms with Crippen LogP contribution in [0, 0.1) is 0 Å². The maximum atomic E-state index is 2.42. The standard InChI is InChI=1S/2C12H17.2ClH.Zr/c2*1-12(9-5-2-6-10-12)11-7-3-4-8-11;;;/h2*3-4,7-8H,2,5-6,9-10H2,1H3;2*1H;/q2*-1;;;+4/p-2. The van der Waals surface area contributed by atoms with E-state index in [1.54, 1.807) is 11.1 Å². The minimum Gasteiger partial charge on any atom is -1.00 e. The van der Waals surface area contributed by atoms with E-state index in [2.05, 4.69) is 62.4 Å². The Bertz CT molecular complexity index is 520. The molecule has 3 heteroatoms. The molecule has 0 spiro atoms. The fourth-order valence-electron chi connectivity index (χ4n) is 4.79. The van der Waals surface area contributed by atoms with Crippen LogP contribution in [-0.2, 0) is 37.0 Å². The van der Waals surface area contributed by atoms with E-state index < -0.39 is 0 Å². The van der Waals surface area contributed by atoms with Crippen molar-refractivity contribution in [2.75, 3.05) is 0 Å². The molecule has 148 valence electrons. The Balaban J connectivity index is 0.000000451. The van der Waals surface area contributed by atoms with E-state index in [4.69, 9.17) is 0 Å². The molecule has 2 aliphatic carbocycles. The molecule has 0 bridgehead atoms. The van der Waals surface area contributed by atoms with Gasteiger partial charge in [0.15, 0.2) is 0 Å². The van der Waals surface area contributed by atoms with Crippen LogP contribution in [-0.4, -0.2) is 0 Å². The summed E-state index contributed by atoms with van der Waals surface area (Å²) in [5.74, 6) is 0. The van der Waals surface area contributed by atoms with Gasteiger partial charge in [-0.1, -0.05) is 88.9 Å². The first-order valence-electron chi connectivity index (χ1n) is 10.1. The largest absolute Gasteiger partial charge is 4.00 e. The van der Waals surface area contributed by atoms with Gasteiger partial charge >= 0.3 is 26.2 Å². The van der Waals surface area contributed by atoms with Crippen LogP contribution in [0.5, 0.6) is 0 Å². The molecule has 0 nitrogen and oxygen atoms in total. The third kappa shape index (κ3) is 7.17. The normalized spacial score (nSPS) is 19.9. The van der Waals surface area contributed by atoms with Crippen molar-refractivity contribution in [1.29, 1.82) is 0 Å². The van der Waals surface area contributed by atoms with Crippen LogP contribution in [0.3, 0.4) is 0 Å². The van der Waals surface area contributed by atoms with Gasteiger partial charge in [-0.05, 0) is 0 Å². The number of rotatable bonds is 2. The van der Waals surface area contributed by atoms with Crippen molar-refractivity contribution in [3.8, 4) is 0 Å². The Morgan fingerprint density at radius 3 is 1.04 bits per heavy atom. The van der Waals surface area contributed by atoms with Gasteiger partial charge in [0.1, 0.15) is 0 Å². The van der Waals surface area contributed by atoms with Crippen molar-refractivity contribution in [2.24, 2.45) is 0 Å². The van der Waals surface area contributed by atoms with Crippen LogP contribution >= 0.6 is 0 Å². The second-order valence-electron chi connectivity index (χ2n) is 8.59. The van der Waals surface area contributed by atoms with Crippen molar-refractivity contribution in [2.45, 2.75) is 88.9 Å². The summed E-state index contributed by atoms with van der Waals surface area (Å²) in [4.78, 5) is 0. The second-order valence-corrected chi connectivity index (χ2v) is 8.59. The summed E-state index contributed by atoms with van der Waals surface area (Å²) in [6.45, 7) is 4.84. The molecule has 0 N–H and O–H groups in total. The molecule has 0 aliphatic heterocycles. The molecule has 2 aliphatic rings. The van der Waals surface area contributed by atoms with Gasteiger partial charge in [-0.25, -0.2) is 24.3 Å². The van der Waals surface area contributed by atoms with Crippen molar-refractivity contribution in [1.82, 2.24) is 0 Å². The first kappa shape index (κ1) is 27.2. The molecule has 0 radical (unpaired) electrons. The maximum Gasteiger partial charge on any atom is 4.00 e. The third-order valence-electron chi connectivity index (χ3n) is 6.63. The van der Waals surface area contributed by atoms with Gasteiger partial charge in [-0.2, -0.15) is 35.4 Å². The van der Waals surface area contributed by atoms with Gasteiger partial charge in [0.05, 0.1) is 0 Å². The zero-order valence-corrected chi connectivity index (χ0v) is 20.9. The molecule has 2 saturated carbocycles. The Morgan fingerprint density at radius 2 is 0.778 bits per heavy atom. The molecular weight excluding hydrogens is 450 g/mol. The van der Waals surface area contributed by atoms with E-state index in [0.29, 0.717) is 10.8 Å². The monoisotopic (exact) mass is 482 g/mol. The average Bonchev–Trinajstić information content (AvgIpc) is 3.31. The van der Waals surface area contributed by atoms with Gasteiger partial charge < -0.3 is 24.8 Å². The van der Waals surface area contributed by atoms with Gasteiger partial charge in [-0.15, -0.1) is 0 Å². The van der Waals surface area contributed by atoms with E-state index in [1.807, 2.05) is 0 Å². The summed E-state index contributed by atoms with van der Waals surface area (Å²) < 4.78 is 0. The van der Waals surface area contributed by atoms with Gasteiger partial charge in [0.2, 0.25) is 0 Å². The van der Waals surface area contributed by atoms with Crippen LogP contribution < -0.4 is 24.8 Å². The van der Waals surface area contributed by atoms with Crippen LogP contribution in [0.25, 0.3) is 0 Å². The van der Waals surface area contributed by atoms with Gasteiger partial charge in [0, 0.05) is 0 Å². The van der Waals surface area contributed by atoms with Crippen molar-refractivity contribution < 1.29 is 51.0 Å². The van der Waals surface area contributed by atoms with E-state index in [9.17, 15) is 0 Å². The van der Waals surface area contributed by atoms with Crippen LogP contribution in [0.1, 0.15) is 89.2 Å². The van der Waals surface area contributed by atoms with Crippen LogP contribution in [0.4, 0.5) is 0 Å². The number of hydrogen-bond donors (Lipinski definition) is 0. The van der Waals surface area contributed by atoms with Crippen LogP contribution in [0.15, 0.2) is 48.5 Å². The SMILES string of the molecule is CC1([c-]2cccc2)CCCCC1.CC1([c-]2cccc2)CCCCC1.[Cl-].[Cl-].[Zr+4]. The molecular formula is C24H34Cl2Zr. The predicted molar refractivity (Wildman–Crippen MR) is 105 cm³/mol. The Morgan fingerprint density at radius 1 is 0.519 bits per heavy atom. The molecule has 0 aromatic heterocycles. The number of hydrogen-bond acceptors (Lipinski definition) is 0. The Hall–Kier alpha value is 0.163. The van der Waals surface area contributed by atoms with Crippen molar-refractivity contribution in [3.05, 3.63) is 59.7 Å². The first-order valence-corrected chi connectivity index (χ1v) is 10.1. The average molecular weight is 485 g/mol. The Labute approximate surface area is 198 Å². The topological polar surface area (TPSA) is 0 Å². The summed E-state index contributed by atoms with van der Waals surface area (Å²) in [6.07, 6.45) is 14.1. The van der Waals surface area contributed by atoms with Gasteiger partial charge in [0.25, 0.3) is 0 Å². The number of halogens is 2. The van der Waals surface area contributed by atoms with E-state index in [-0.39, 0.29) is 51.0 Å². The Kier molecular flexibility index (Phi) is 12.7. The minimum absolute atomic E-state index is 0. The quantitative estimate of drug-likeness (QED) is 0.563. The van der Waals surface area contributed by atoms with E-state index in [0.717, 1.165) is 0 Å². The molecule has 0 saturated heterocycles. The van der Waals surface area contributed by atoms with E-state index in [1.165, 1.54) is 64.2 Å². The molecule has 0 heterocycles. The maximum absolute atomic E-state index is 2.42. The molecule has 0 amide bonds. The van der Waals surface area contributed by atoms with Crippen LogP contribution in [0.2, 0.25) is 0 Å². The summed E-state index contributed by atoms with van der Waals surface area (Å²) in [5, 5.41) is 0. The zero-order valence-electron chi connectivity index (χ0n) is 16.9. The first-order chi connectivity index (χ1) is 11.6. The molecule has 0 atom stereocenters. The fraction of sp³-hybridized carbons (Fsp3) is 0.583. The summed E-state index contributed by atoms with van der Waals surface area (Å²) in [6, 6.07) is 17.8. The molecule has 2 aromatic rings. The molecule has 4 rings (SSSR count). The summed E-state index contributed by atoms with van der Waals surface area (Å²) in [5.41, 5.74) is 4.12. The van der Waals surface area contributed by atoms with Crippen molar-refractivity contribution >= 4 is 0 Å². The molecule has 27 heavy (non-hydrogen) atoms. The summed E-state index contributed by atoms with van der Waals surface area (Å²) >= 11 is 0. The third-order valence-corrected chi connectivity index (χ3v) is 6.63. The van der Waals surface area contributed by atoms with Crippen molar-refractivity contribution in [3.63, 3.8) is 0 Å². The smallest absolute Gasteiger partial charge is 1.00 e. The molecule has 2 aromatic carbocycles. The second kappa shape index (κ2) is 12.7.